The van der Waals surface area contributed by atoms with Crippen LogP contribution in [-0.4, -0.2) is 9.78 Å². The van der Waals surface area contributed by atoms with Crippen LogP contribution in [0.5, 0.6) is 0 Å². The third kappa shape index (κ3) is 3.06. The molecule has 1 aromatic carbocycles. The van der Waals surface area contributed by atoms with Gasteiger partial charge in [0.1, 0.15) is 0 Å². The van der Waals surface area contributed by atoms with Crippen molar-refractivity contribution in [2.45, 2.75) is 32.9 Å². The topological polar surface area (TPSA) is 55.9 Å². The van der Waals surface area contributed by atoms with Crippen molar-refractivity contribution < 1.29 is 0 Å². The molecule has 1 aromatic heterocycles. The zero-order valence-corrected chi connectivity index (χ0v) is 13.9. The molecule has 108 valence electrons. The molecule has 3 N–H and O–H groups in total. The number of aromatic nitrogens is 2. The largest absolute Gasteiger partial charge is 0.271 e. The lowest BCUT2D eigenvalue weighted by molar-refractivity contribution is 0.519. The van der Waals surface area contributed by atoms with Crippen molar-refractivity contribution in [1.82, 2.24) is 15.2 Å². The van der Waals surface area contributed by atoms with E-state index in [9.17, 15) is 0 Å². The third-order valence-corrected chi connectivity index (χ3v) is 4.26. The van der Waals surface area contributed by atoms with Crippen LogP contribution < -0.4 is 11.3 Å². The highest BCUT2D eigenvalue weighted by Gasteiger charge is 2.21. The van der Waals surface area contributed by atoms with E-state index in [0.717, 1.165) is 39.3 Å². The molecule has 0 bridgehead atoms. The number of halogens is 2. The fourth-order valence-corrected chi connectivity index (χ4v) is 2.87. The van der Waals surface area contributed by atoms with E-state index in [2.05, 4.69) is 33.4 Å². The minimum atomic E-state index is -0.130. The van der Waals surface area contributed by atoms with E-state index in [4.69, 9.17) is 17.4 Å². The van der Waals surface area contributed by atoms with Gasteiger partial charge in [0, 0.05) is 11.6 Å². The van der Waals surface area contributed by atoms with E-state index >= 15 is 0 Å². The number of rotatable bonds is 5. The van der Waals surface area contributed by atoms with Gasteiger partial charge in [0.05, 0.1) is 22.4 Å². The van der Waals surface area contributed by atoms with Crippen LogP contribution in [0.25, 0.3) is 0 Å². The first-order valence-corrected chi connectivity index (χ1v) is 7.69. The summed E-state index contributed by atoms with van der Waals surface area (Å²) < 4.78 is 2.92. The Bertz CT molecular complexity index is 597. The number of hydrogen-bond acceptors (Lipinski definition) is 3. The smallest absolute Gasteiger partial charge is 0.0889 e. The number of hydrogen-bond donors (Lipinski definition) is 2. The molecular formula is C14H18BrClN4. The first-order chi connectivity index (χ1) is 9.58. The molecule has 0 spiro atoms. The average Bonchev–Trinajstić information content (AvgIpc) is 2.77. The molecule has 1 unspecified atom stereocenters. The average molecular weight is 358 g/mol. The van der Waals surface area contributed by atoms with Gasteiger partial charge in [-0.1, -0.05) is 30.7 Å². The molecular weight excluding hydrogens is 340 g/mol. The normalized spacial score (nSPS) is 12.7. The summed E-state index contributed by atoms with van der Waals surface area (Å²) in [7, 11) is 0. The summed E-state index contributed by atoms with van der Waals surface area (Å²) in [4.78, 5) is 0. The number of hydrazine groups is 1. The van der Waals surface area contributed by atoms with E-state index in [1.807, 2.05) is 29.8 Å². The van der Waals surface area contributed by atoms with Crippen molar-refractivity contribution in [3.8, 4) is 0 Å². The summed E-state index contributed by atoms with van der Waals surface area (Å²) in [6.07, 6.45) is 2.82. The van der Waals surface area contributed by atoms with E-state index in [0.29, 0.717) is 0 Å². The van der Waals surface area contributed by atoms with E-state index in [1.54, 1.807) is 6.20 Å². The van der Waals surface area contributed by atoms with Gasteiger partial charge in [-0.3, -0.25) is 10.5 Å². The molecule has 0 fully saturated rings. The summed E-state index contributed by atoms with van der Waals surface area (Å²) in [5.74, 6) is 5.77. The monoisotopic (exact) mass is 356 g/mol. The first-order valence-electron chi connectivity index (χ1n) is 6.51. The number of benzene rings is 1. The van der Waals surface area contributed by atoms with Crippen molar-refractivity contribution in [2.24, 2.45) is 5.84 Å². The standard InChI is InChI=1S/C14H18BrClN4/c1-3-6-20-14(11(15)8-18-20)13(19-17)10-4-5-12(16)9(2)7-10/h4-5,7-8,13,19H,3,6,17H2,1-2H3. The minimum absolute atomic E-state index is 0.130. The van der Waals surface area contributed by atoms with Crippen LogP contribution in [0, 0.1) is 6.92 Å². The van der Waals surface area contributed by atoms with E-state index < -0.39 is 0 Å². The lowest BCUT2D eigenvalue weighted by Gasteiger charge is -2.19. The second kappa shape index (κ2) is 6.72. The molecule has 2 rings (SSSR count). The van der Waals surface area contributed by atoms with Crippen LogP contribution in [0.1, 0.15) is 36.2 Å². The second-order valence-corrected chi connectivity index (χ2v) is 5.97. The van der Waals surface area contributed by atoms with Crippen molar-refractivity contribution in [3.05, 3.63) is 50.7 Å². The lowest BCUT2D eigenvalue weighted by atomic mass is 10.0. The third-order valence-electron chi connectivity index (χ3n) is 3.22. The molecule has 0 aliphatic rings. The number of nitrogens with two attached hydrogens (primary N) is 1. The maximum atomic E-state index is 6.09. The van der Waals surface area contributed by atoms with Crippen LogP contribution in [-0.2, 0) is 6.54 Å². The summed E-state index contributed by atoms with van der Waals surface area (Å²) >= 11 is 9.64. The number of nitrogens with zero attached hydrogens (tertiary/aromatic N) is 2. The minimum Gasteiger partial charge on any atom is -0.271 e. The van der Waals surface area contributed by atoms with Crippen molar-refractivity contribution in [1.29, 1.82) is 0 Å². The maximum absolute atomic E-state index is 6.09. The lowest BCUT2D eigenvalue weighted by Crippen LogP contribution is -2.31. The zero-order valence-electron chi connectivity index (χ0n) is 11.5. The number of aryl methyl sites for hydroxylation is 2. The van der Waals surface area contributed by atoms with Gasteiger partial charge in [-0.05, 0) is 46.5 Å². The van der Waals surface area contributed by atoms with Gasteiger partial charge in [0.25, 0.3) is 0 Å². The van der Waals surface area contributed by atoms with Crippen LogP contribution in [0.4, 0.5) is 0 Å². The fourth-order valence-electron chi connectivity index (χ4n) is 2.23. The highest BCUT2D eigenvalue weighted by molar-refractivity contribution is 9.10. The van der Waals surface area contributed by atoms with E-state index in [-0.39, 0.29) is 6.04 Å². The molecule has 0 saturated carbocycles. The Hall–Kier alpha value is -0.880. The van der Waals surface area contributed by atoms with Crippen molar-refractivity contribution in [3.63, 3.8) is 0 Å². The van der Waals surface area contributed by atoms with Gasteiger partial charge >= 0.3 is 0 Å². The fraction of sp³-hybridized carbons (Fsp3) is 0.357. The van der Waals surface area contributed by atoms with Gasteiger partial charge in [-0.25, -0.2) is 5.43 Å². The van der Waals surface area contributed by atoms with Crippen molar-refractivity contribution >= 4 is 27.5 Å². The Morgan fingerprint density at radius 3 is 2.85 bits per heavy atom. The highest BCUT2D eigenvalue weighted by Crippen LogP contribution is 2.30. The van der Waals surface area contributed by atoms with Crippen molar-refractivity contribution in [2.75, 3.05) is 0 Å². The maximum Gasteiger partial charge on any atom is 0.0889 e. The van der Waals surface area contributed by atoms with Gasteiger partial charge < -0.3 is 0 Å². The Morgan fingerprint density at radius 2 is 2.25 bits per heavy atom. The molecule has 0 aliphatic carbocycles. The molecule has 0 aliphatic heterocycles. The van der Waals surface area contributed by atoms with Gasteiger partial charge in [-0.15, -0.1) is 0 Å². The molecule has 2 aromatic rings. The Kier molecular flexibility index (Phi) is 5.21. The second-order valence-electron chi connectivity index (χ2n) is 4.71. The quantitative estimate of drug-likeness (QED) is 0.635. The molecule has 4 nitrogen and oxygen atoms in total. The van der Waals surface area contributed by atoms with Gasteiger partial charge in [0.15, 0.2) is 0 Å². The summed E-state index contributed by atoms with van der Waals surface area (Å²) in [5.41, 5.74) is 5.99. The van der Waals surface area contributed by atoms with Crippen LogP contribution in [0.15, 0.2) is 28.9 Å². The van der Waals surface area contributed by atoms with Crippen LogP contribution >= 0.6 is 27.5 Å². The molecule has 0 amide bonds. The summed E-state index contributed by atoms with van der Waals surface area (Å²) in [6, 6.07) is 5.79. The van der Waals surface area contributed by atoms with Gasteiger partial charge in [0.2, 0.25) is 0 Å². The SMILES string of the molecule is CCCn1ncc(Br)c1C(NN)c1ccc(Cl)c(C)c1. The van der Waals surface area contributed by atoms with Crippen LogP contribution in [0.2, 0.25) is 5.02 Å². The molecule has 0 saturated heterocycles. The summed E-state index contributed by atoms with van der Waals surface area (Å²) in [5, 5.41) is 5.14. The Morgan fingerprint density at radius 1 is 1.50 bits per heavy atom. The predicted octanol–water partition coefficient (Wildman–Crippen LogP) is 3.57. The highest BCUT2D eigenvalue weighted by atomic mass is 79.9. The molecule has 0 radical (unpaired) electrons. The van der Waals surface area contributed by atoms with Gasteiger partial charge in [-0.2, -0.15) is 5.10 Å². The first kappa shape index (κ1) is 15.5. The predicted molar refractivity (Wildman–Crippen MR) is 85.6 cm³/mol. The Balaban J connectivity index is 2.46. The molecule has 6 heteroatoms. The van der Waals surface area contributed by atoms with Crippen LogP contribution in [0.3, 0.4) is 0 Å². The molecule has 1 atom stereocenters. The van der Waals surface area contributed by atoms with E-state index in [1.165, 1.54) is 0 Å². The molecule has 20 heavy (non-hydrogen) atoms. The zero-order chi connectivity index (χ0) is 14.7. The Labute approximate surface area is 132 Å². The number of nitrogens with one attached hydrogen (secondary N) is 1. The summed E-state index contributed by atoms with van der Waals surface area (Å²) in [6.45, 7) is 4.96. The molecule has 1 heterocycles.